The summed E-state index contributed by atoms with van der Waals surface area (Å²) < 4.78 is 1.82. The summed E-state index contributed by atoms with van der Waals surface area (Å²) in [7, 11) is 0. The predicted molar refractivity (Wildman–Crippen MR) is 71.3 cm³/mol. The molecule has 1 aromatic heterocycles. The molecule has 17 heavy (non-hydrogen) atoms. The van der Waals surface area contributed by atoms with Gasteiger partial charge in [-0.2, -0.15) is 5.10 Å². The quantitative estimate of drug-likeness (QED) is 0.930. The Balaban J connectivity index is 2.27. The normalized spacial score (nSPS) is 12.7. The zero-order valence-corrected chi connectivity index (χ0v) is 10.9. The molecule has 3 nitrogen and oxygen atoms in total. The maximum Gasteiger partial charge on any atom is 0.0923 e. The third-order valence-corrected chi connectivity index (χ3v) is 3.07. The van der Waals surface area contributed by atoms with Crippen LogP contribution in [0.2, 0.25) is 10.0 Å². The van der Waals surface area contributed by atoms with Gasteiger partial charge in [-0.1, -0.05) is 29.3 Å². The van der Waals surface area contributed by atoms with Crippen molar-refractivity contribution in [3.05, 3.63) is 40.5 Å². The van der Waals surface area contributed by atoms with Crippen molar-refractivity contribution in [2.24, 2.45) is 5.73 Å². The van der Waals surface area contributed by atoms with Gasteiger partial charge in [0.2, 0.25) is 0 Å². The second kappa shape index (κ2) is 5.08. The lowest BCUT2D eigenvalue weighted by Crippen LogP contribution is -2.22. The molecule has 5 heteroatoms. The van der Waals surface area contributed by atoms with E-state index in [1.54, 1.807) is 6.07 Å². The van der Waals surface area contributed by atoms with E-state index in [4.69, 9.17) is 28.9 Å². The number of aromatic nitrogens is 2. The van der Waals surface area contributed by atoms with Crippen molar-refractivity contribution in [1.82, 2.24) is 9.78 Å². The Morgan fingerprint density at radius 1 is 1.29 bits per heavy atom. The van der Waals surface area contributed by atoms with Gasteiger partial charge in [0.15, 0.2) is 0 Å². The van der Waals surface area contributed by atoms with E-state index in [0.717, 1.165) is 11.3 Å². The lowest BCUT2D eigenvalue weighted by molar-refractivity contribution is 0.540. The van der Waals surface area contributed by atoms with Gasteiger partial charge in [-0.05, 0) is 25.1 Å². The standard InChI is InChI=1S/C12H13Cl2N3/c1-8(15)7-17-5-4-12(16-17)9-2-3-10(13)11(14)6-9/h2-6,8H,7,15H2,1H3. The van der Waals surface area contributed by atoms with Crippen molar-refractivity contribution >= 4 is 23.2 Å². The number of nitrogens with zero attached hydrogens (tertiary/aromatic N) is 2. The number of benzene rings is 1. The molecular formula is C12H13Cl2N3. The highest BCUT2D eigenvalue weighted by Gasteiger charge is 2.06. The first-order valence-electron chi connectivity index (χ1n) is 5.30. The van der Waals surface area contributed by atoms with Crippen LogP contribution in [0.3, 0.4) is 0 Å². The number of rotatable bonds is 3. The first-order valence-corrected chi connectivity index (χ1v) is 6.06. The van der Waals surface area contributed by atoms with Crippen LogP contribution in [-0.4, -0.2) is 15.8 Å². The molecule has 1 unspecified atom stereocenters. The molecule has 0 radical (unpaired) electrons. The third kappa shape index (κ3) is 3.00. The Kier molecular flexibility index (Phi) is 3.72. The van der Waals surface area contributed by atoms with Crippen LogP contribution in [0.1, 0.15) is 6.92 Å². The highest BCUT2D eigenvalue weighted by molar-refractivity contribution is 6.42. The number of hydrogen-bond acceptors (Lipinski definition) is 2. The lowest BCUT2D eigenvalue weighted by atomic mass is 10.2. The summed E-state index contributed by atoms with van der Waals surface area (Å²) in [4.78, 5) is 0. The molecule has 0 aliphatic carbocycles. The Morgan fingerprint density at radius 2 is 2.06 bits per heavy atom. The molecular weight excluding hydrogens is 257 g/mol. The molecule has 0 bridgehead atoms. The third-order valence-electron chi connectivity index (χ3n) is 2.33. The van der Waals surface area contributed by atoms with Crippen LogP contribution in [0, 0.1) is 0 Å². The average Bonchev–Trinajstić information content (AvgIpc) is 2.69. The summed E-state index contributed by atoms with van der Waals surface area (Å²) in [5.41, 5.74) is 7.53. The van der Waals surface area contributed by atoms with Gasteiger partial charge in [0.25, 0.3) is 0 Å². The molecule has 2 rings (SSSR count). The first kappa shape index (κ1) is 12.4. The summed E-state index contributed by atoms with van der Waals surface area (Å²) in [6, 6.07) is 7.48. The van der Waals surface area contributed by atoms with Gasteiger partial charge in [0, 0.05) is 17.8 Å². The van der Waals surface area contributed by atoms with Crippen molar-refractivity contribution in [2.45, 2.75) is 19.5 Å². The molecule has 1 aromatic carbocycles. The van der Waals surface area contributed by atoms with Crippen molar-refractivity contribution in [3.63, 3.8) is 0 Å². The molecule has 0 saturated heterocycles. The van der Waals surface area contributed by atoms with E-state index >= 15 is 0 Å². The van der Waals surface area contributed by atoms with Gasteiger partial charge in [0.05, 0.1) is 22.3 Å². The van der Waals surface area contributed by atoms with Gasteiger partial charge in [-0.25, -0.2) is 0 Å². The molecule has 1 heterocycles. The van der Waals surface area contributed by atoms with Crippen LogP contribution in [0.5, 0.6) is 0 Å². The minimum absolute atomic E-state index is 0.0801. The zero-order chi connectivity index (χ0) is 12.4. The molecule has 0 aliphatic rings. The molecule has 0 saturated carbocycles. The molecule has 1 atom stereocenters. The Bertz CT molecular complexity index is 520. The summed E-state index contributed by atoms with van der Waals surface area (Å²) >= 11 is 11.8. The maximum atomic E-state index is 5.97. The molecule has 2 aromatic rings. The van der Waals surface area contributed by atoms with Gasteiger partial charge in [0.1, 0.15) is 0 Å². The van der Waals surface area contributed by atoms with Crippen LogP contribution in [0.25, 0.3) is 11.3 Å². The molecule has 0 fully saturated rings. The fourth-order valence-corrected chi connectivity index (χ4v) is 1.87. The van der Waals surface area contributed by atoms with Crippen LogP contribution >= 0.6 is 23.2 Å². The SMILES string of the molecule is CC(N)Cn1ccc(-c2ccc(Cl)c(Cl)c2)n1. The van der Waals surface area contributed by atoms with Crippen LogP contribution < -0.4 is 5.73 Å². The summed E-state index contributed by atoms with van der Waals surface area (Å²) in [6.07, 6.45) is 1.90. The van der Waals surface area contributed by atoms with E-state index in [0.29, 0.717) is 16.6 Å². The van der Waals surface area contributed by atoms with E-state index < -0.39 is 0 Å². The molecule has 0 aliphatic heterocycles. The highest BCUT2D eigenvalue weighted by atomic mass is 35.5. The van der Waals surface area contributed by atoms with Crippen LogP contribution in [0.4, 0.5) is 0 Å². The van der Waals surface area contributed by atoms with Gasteiger partial charge < -0.3 is 5.73 Å². The van der Waals surface area contributed by atoms with E-state index in [-0.39, 0.29) is 6.04 Å². The second-order valence-electron chi connectivity index (χ2n) is 4.03. The number of nitrogens with two attached hydrogens (primary N) is 1. The van der Waals surface area contributed by atoms with Crippen LogP contribution in [0.15, 0.2) is 30.5 Å². The largest absolute Gasteiger partial charge is 0.326 e. The fraction of sp³-hybridized carbons (Fsp3) is 0.250. The van der Waals surface area contributed by atoms with Crippen molar-refractivity contribution in [3.8, 4) is 11.3 Å². The number of hydrogen-bond donors (Lipinski definition) is 1. The molecule has 2 N–H and O–H groups in total. The topological polar surface area (TPSA) is 43.8 Å². The van der Waals surface area contributed by atoms with Crippen LogP contribution in [-0.2, 0) is 6.54 Å². The monoisotopic (exact) mass is 269 g/mol. The minimum atomic E-state index is 0.0801. The molecule has 0 spiro atoms. The van der Waals surface area contributed by atoms with Crippen molar-refractivity contribution < 1.29 is 0 Å². The summed E-state index contributed by atoms with van der Waals surface area (Å²) in [5.74, 6) is 0. The second-order valence-corrected chi connectivity index (χ2v) is 4.84. The van der Waals surface area contributed by atoms with E-state index in [1.807, 2.05) is 36.0 Å². The maximum absolute atomic E-state index is 5.97. The highest BCUT2D eigenvalue weighted by Crippen LogP contribution is 2.27. The first-order chi connectivity index (χ1) is 8.06. The number of halogens is 2. The average molecular weight is 270 g/mol. The van der Waals surface area contributed by atoms with E-state index in [1.165, 1.54) is 0 Å². The van der Waals surface area contributed by atoms with Gasteiger partial charge in [-0.15, -0.1) is 0 Å². The Morgan fingerprint density at radius 3 is 2.71 bits per heavy atom. The molecule has 0 amide bonds. The van der Waals surface area contributed by atoms with Crippen molar-refractivity contribution in [1.29, 1.82) is 0 Å². The van der Waals surface area contributed by atoms with Crippen molar-refractivity contribution in [2.75, 3.05) is 0 Å². The lowest BCUT2D eigenvalue weighted by Gasteiger charge is -2.04. The smallest absolute Gasteiger partial charge is 0.0923 e. The van der Waals surface area contributed by atoms with Gasteiger partial charge in [-0.3, -0.25) is 4.68 Å². The van der Waals surface area contributed by atoms with E-state index in [9.17, 15) is 0 Å². The summed E-state index contributed by atoms with van der Waals surface area (Å²) in [6.45, 7) is 2.64. The minimum Gasteiger partial charge on any atom is -0.326 e. The Labute approximate surface area is 110 Å². The zero-order valence-electron chi connectivity index (χ0n) is 9.40. The summed E-state index contributed by atoms with van der Waals surface area (Å²) in [5, 5.41) is 5.51. The predicted octanol–water partition coefficient (Wildman–Crippen LogP) is 3.20. The fourth-order valence-electron chi connectivity index (χ4n) is 1.57. The molecule has 90 valence electrons. The van der Waals surface area contributed by atoms with E-state index in [2.05, 4.69) is 5.10 Å². The van der Waals surface area contributed by atoms with Gasteiger partial charge >= 0.3 is 0 Å². The Hall–Kier alpha value is -1.03.